The van der Waals surface area contributed by atoms with Gasteiger partial charge in [0.1, 0.15) is 5.78 Å². The molecule has 2 N–H and O–H groups in total. The molecule has 2 rings (SSSR count). The highest BCUT2D eigenvalue weighted by molar-refractivity contribution is 7.91. The van der Waals surface area contributed by atoms with E-state index in [1.807, 2.05) is 6.07 Å². The first-order valence-electron chi connectivity index (χ1n) is 8.82. The number of hydrogen-bond donors (Lipinski definition) is 1. The Labute approximate surface area is 149 Å². The third-order valence-corrected chi connectivity index (χ3v) is 7.45. The van der Waals surface area contributed by atoms with Crippen molar-refractivity contribution in [1.29, 1.82) is 0 Å². The van der Waals surface area contributed by atoms with E-state index in [2.05, 4.69) is 0 Å². The summed E-state index contributed by atoms with van der Waals surface area (Å²) in [5, 5.41) is -0.343. The number of rotatable bonds is 7. The van der Waals surface area contributed by atoms with Crippen LogP contribution in [0.3, 0.4) is 0 Å². The highest BCUT2D eigenvalue weighted by Crippen LogP contribution is 2.31. The minimum Gasteiger partial charge on any atom is -0.366 e. The molecule has 0 atom stereocenters. The fourth-order valence-corrected chi connectivity index (χ4v) is 4.73. The Kier molecular flexibility index (Phi) is 6.38. The molecule has 0 unspecified atom stereocenters. The third kappa shape index (κ3) is 5.39. The monoisotopic (exact) mass is 365 g/mol. The molecule has 1 fully saturated rings. The largest absolute Gasteiger partial charge is 0.366 e. The van der Waals surface area contributed by atoms with E-state index in [1.165, 1.54) is 0 Å². The van der Waals surface area contributed by atoms with Crippen LogP contribution in [-0.4, -0.2) is 31.1 Å². The maximum atomic E-state index is 12.5. The molecule has 25 heavy (non-hydrogen) atoms. The van der Waals surface area contributed by atoms with Crippen molar-refractivity contribution >= 4 is 21.5 Å². The van der Waals surface area contributed by atoms with E-state index in [0.717, 1.165) is 31.2 Å². The van der Waals surface area contributed by atoms with E-state index >= 15 is 0 Å². The molecule has 0 radical (unpaired) electrons. The van der Waals surface area contributed by atoms with Crippen molar-refractivity contribution in [2.75, 3.05) is 5.75 Å². The molecular formula is C19H27NO4S. The number of benzene rings is 1. The highest BCUT2D eigenvalue weighted by atomic mass is 32.2. The molecule has 1 aliphatic carbocycles. The summed E-state index contributed by atoms with van der Waals surface area (Å²) in [7, 11) is -3.03. The van der Waals surface area contributed by atoms with Crippen LogP contribution < -0.4 is 5.73 Å². The Morgan fingerprint density at radius 1 is 1.16 bits per heavy atom. The molecule has 1 aromatic rings. The third-order valence-electron chi connectivity index (χ3n) is 5.08. The molecule has 5 nitrogen and oxygen atoms in total. The van der Waals surface area contributed by atoms with E-state index < -0.39 is 15.7 Å². The molecule has 0 heterocycles. The number of Topliss-reactive ketones (excluding diaryl/α,β-unsaturated/α-hetero) is 1. The number of amides is 1. The lowest BCUT2D eigenvalue weighted by atomic mass is 9.79. The first kappa shape index (κ1) is 19.6. The minimum absolute atomic E-state index is 0.0183. The average Bonchev–Trinajstić information content (AvgIpc) is 2.55. The lowest BCUT2D eigenvalue weighted by Crippen LogP contribution is -2.29. The average molecular weight is 365 g/mol. The predicted octanol–water partition coefficient (Wildman–Crippen LogP) is 2.53. The first-order valence-corrected chi connectivity index (χ1v) is 10.5. The maximum absolute atomic E-state index is 12.5. The van der Waals surface area contributed by atoms with Gasteiger partial charge in [0.05, 0.1) is 11.0 Å². The van der Waals surface area contributed by atoms with Gasteiger partial charge in [0, 0.05) is 17.9 Å². The van der Waals surface area contributed by atoms with Crippen LogP contribution >= 0.6 is 0 Å². The van der Waals surface area contributed by atoms with E-state index in [9.17, 15) is 18.0 Å². The lowest BCUT2D eigenvalue weighted by Gasteiger charge is -2.28. The van der Waals surface area contributed by atoms with Crippen LogP contribution in [0.4, 0.5) is 0 Å². The molecule has 0 saturated heterocycles. The van der Waals surface area contributed by atoms with Crippen LogP contribution in [0.15, 0.2) is 24.3 Å². The zero-order valence-corrected chi connectivity index (χ0v) is 15.7. The fraction of sp³-hybridized carbons (Fsp3) is 0.579. The summed E-state index contributed by atoms with van der Waals surface area (Å²) in [6.07, 6.45) is 3.34. The SMILES string of the molecule is CC(C)S(=O)(=O)CC1CCC(C(=O)Cc2cccc(C(N)=O)c2)CC1. The Hall–Kier alpha value is -1.69. The molecule has 0 spiro atoms. The topological polar surface area (TPSA) is 94.3 Å². The quantitative estimate of drug-likeness (QED) is 0.803. The van der Waals surface area contributed by atoms with E-state index in [0.29, 0.717) is 12.0 Å². The zero-order chi connectivity index (χ0) is 18.6. The van der Waals surface area contributed by atoms with E-state index in [1.54, 1.807) is 32.0 Å². The van der Waals surface area contributed by atoms with Crippen molar-refractivity contribution in [3.8, 4) is 0 Å². The lowest BCUT2D eigenvalue weighted by molar-refractivity contribution is -0.123. The number of hydrogen-bond acceptors (Lipinski definition) is 4. The van der Waals surface area contributed by atoms with Gasteiger partial charge in [-0.1, -0.05) is 12.1 Å². The standard InChI is InChI=1S/C19H27NO4S/c1-13(2)25(23,24)12-14-6-8-16(9-7-14)18(21)11-15-4-3-5-17(10-15)19(20)22/h3-5,10,13-14,16H,6-9,11-12H2,1-2H3,(H2,20,22). The summed E-state index contributed by atoms with van der Waals surface area (Å²) in [6, 6.07) is 6.86. The van der Waals surface area contributed by atoms with Crippen molar-refractivity contribution in [2.24, 2.45) is 17.6 Å². The van der Waals surface area contributed by atoms with Gasteiger partial charge in [0.25, 0.3) is 0 Å². The van der Waals surface area contributed by atoms with E-state index in [4.69, 9.17) is 5.73 Å². The van der Waals surface area contributed by atoms with E-state index in [-0.39, 0.29) is 28.6 Å². The second kappa shape index (κ2) is 8.13. The first-order chi connectivity index (χ1) is 11.7. The highest BCUT2D eigenvalue weighted by Gasteiger charge is 2.29. The number of carbonyl (C=O) groups is 2. The van der Waals surface area contributed by atoms with Crippen molar-refractivity contribution in [1.82, 2.24) is 0 Å². The Morgan fingerprint density at radius 2 is 1.80 bits per heavy atom. The molecule has 1 aromatic carbocycles. The molecule has 1 aliphatic rings. The minimum atomic E-state index is -3.03. The molecule has 6 heteroatoms. The van der Waals surface area contributed by atoms with Gasteiger partial charge in [-0.25, -0.2) is 8.42 Å². The van der Waals surface area contributed by atoms with Gasteiger partial charge in [-0.15, -0.1) is 0 Å². The smallest absolute Gasteiger partial charge is 0.248 e. The van der Waals surface area contributed by atoms with Gasteiger partial charge < -0.3 is 5.73 Å². The number of nitrogens with two attached hydrogens (primary N) is 1. The molecule has 1 saturated carbocycles. The Bertz CT molecular complexity index is 732. The summed E-state index contributed by atoms with van der Waals surface area (Å²) in [5.74, 6) is 0.0320. The summed E-state index contributed by atoms with van der Waals surface area (Å²) in [4.78, 5) is 23.7. The number of carbonyl (C=O) groups excluding carboxylic acids is 2. The van der Waals surface area contributed by atoms with Crippen LogP contribution in [0.2, 0.25) is 0 Å². The van der Waals surface area contributed by atoms with Gasteiger partial charge in [0.2, 0.25) is 5.91 Å². The predicted molar refractivity (Wildman–Crippen MR) is 98.0 cm³/mol. The molecule has 0 aromatic heterocycles. The molecule has 138 valence electrons. The fourth-order valence-electron chi connectivity index (χ4n) is 3.35. The molecular weight excluding hydrogens is 338 g/mol. The van der Waals surface area contributed by atoms with Crippen LogP contribution in [-0.2, 0) is 21.1 Å². The van der Waals surface area contributed by atoms with Crippen LogP contribution in [0.25, 0.3) is 0 Å². The van der Waals surface area contributed by atoms with Gasteiger partial charge in [-0.3, -0.25) is 9.59 Å². The van der Waals surface area contributed by atoms with Crippen LogP contribution in [0, 0.1) is 11.8 Å². The molecule has 1 amide bonds. The van der Waals surface area contributed by atoms with Gasteiger partial charge in [0.15, 0.2) is 9.84 Å². The summed E-state index contributed by atoms with van der Waals surface area (Å²) < 4.78 is 24.1. The normalized spacial score (nSPS) is 21.2. The number of ketones is 1. The van der Waals surface area contributed by atoms with Crippen LogP contribution in [0.5, 0.6) is 0 Å². The second-order valence-corrected chi connectivity index (χ2v) is 9.91. The van der Waals surface area contributed by atoms with Crippen LogP contribution in [0.1, 0.15) is 55.5 Å². The summed E-state index contributed by atoms with van der Waals surface area (Å²) >= 11 is 0. The van der Waals surface area contributed by atoms with Crippen molar-refractivity contribution in [2.45, 2.75) is 51.2 Å². The molecule has 0 bridgehead atoms. The Morgan fingerprint density at radius 3 is 2.36 bits per heavy atom. The number of primary amides is 1. The molecule has 0 aliphatic heterocycles. The van der Waals surface area contributed by atoms with Crippen molar-refractivity contribution in [3.05, 3.63) is 35.4 Å². The summed E-state index contributed by atoms with van der Waals surface area (Å²) in [6.45, 7) is 3.43. The Balaban J connectivity index is 1.89. The van der Waals surface area contributed by atoms with Gasteiger partial charge in [-0.05, 0) is 63.1 Å². The van der Waals surface area contributed by atoms with Crippen molar-refractivity contribution in [3.63, 3.8) is 0 Å². The second-order valence-electron chi connectivity index (χ2n) is 7.30. The summed E-state index contributed by atoms with van der Waals surface area (Å²) in [5.41, 5.74) is 6.48. The number of sulfone groups is 1. The van der Waals surface area contributed by atoms with Gasteiger partial charge >= 0.3 is 0 Å². The van der Waals surface area contributed by atoms with Gasteiger partial charge in [-0.2, -0.15) is 0 Å². The van der Waals surface area contributed by atoms with Crippen molar-refractivity contribution < 1.29 is 18.0 Å². The zero-order valence-electron chi connectivity index (χ0n) is 14.9. The maximum Gasteiger partial charge on any atom is 0.248 e.